The van der Waals surface area contributed by atoms with Gasteiger partial charge in [-0.15, -0.1) is 0 Å². The second-order valence-electron chi connectivity index (χ2n) is 5.83. The molecule has 0 aliphatic heterocycles. The van der Waals surface area contributed by atoms with Gasteiger partial charge in [0.05, 0.1) is 11.9 Å². The maximum atomic E-state index is 12.7. The lowest BCUT2D eigenvalue weighted by atomic mass is 10.1. The summed E-state index contributed by atoms with van der Waals surface area (Å²) in [5, 5.41) is 2.60. The molecule has 1 heterocycles. The van der Waals surface area contributed by atoms with E-state index in [1.807, 2.05) is 60.7 Å². The van der Waals surface area contributed by atoms with E-state index in [-0.39, 0.29) is 0 Å². The number of hydrogen-bond acceptors (Lipinski definition) is 3. The maximum Gasteiger partial charge on any atom is 0.313 e. The molecule has 0 bridgehead atoms. The van der Waals surface area contributed by atoms with E-state index in [1.165, 1.54) is 11.1 Å². The van der Waals surface area contributed by atoms with Crippen LogP contribution in [-0.4, -0.2) is 21.7 Å². The molecule has 0 atom stereocenters. The zero-order chi connectivity index (χ0) is 18.2. The van der Waals surface area contributed by atoms with Gasteiger partial charge in [0.2, 0.25) is 0 Å². The van der Waals surface area contributed by atoms with Gasteiger partial charge >= 0.3 is 11.8 Å². The number of aromatic nitrogens is 1. The zero-order valence-corrected chi connectivity index (χ0v) is 14.2. The Hall–Kier alpha value is -3.47. The van der Waals surface area contributed by atoms with Gasteiger partial charge in [0, 0.05) is 19.3 Å². The van der Waals surface area contributed by atoms with Crippen LogP contribution in [0.2, 0.25) is 0 Å². The highest BCUT2D eigenvalue weighted by molar-refractivity contribution is 6.39. The van der Waals surface area contributed by atoms with Crippen molar-refractivity contribution in [3.63, 3.8) is 0 Å². The van der Waals surface area contributed by atoms with Crippen LogP contribution in [0.25, 0.3) is 0 Å². The number of amides is 2. The number of benzene rings is 2. The van der Waals surface area contributed by atoms with Crippen LogP contribution in [-0.2, 0) is 22.7 Å². The summed E-state index contributed by atoms with van der Waals surface area (Å²) < 4.78 is 0. The smallest absolute Gasteiger partial charge is 0.313 e. The fourth-order valence-electron chi connectivity index (χ4n) is 2.57. The average molecular weight is 345 g/mol. The lowest BCUT2D eigenvalue weighted by Crippen LogP contribution is -2.38. The zero-order valence-electron chi connectivity index (χ0n) is 14.2. The van der Waals surface area contributed by atoms with Gasteiger partial charge in [0.25, 0.3) is 0 Å². The van der Waals surface area contributed by atoms with Crippen LogP contribution in [0.5, 0.6) is 0 Å². The second-order valence-corrected chi connectivity index (χ2v) is 5.83. The van der Waals surface area contributed by atoms with Gasteiger partial charge in [-0.3, -0.25) is 14.6 Å². The minimum Gasteiger partial charge on any atom is -0.326 e. The van der Waals surface area contributed by atoms with E-state index in [4.69, 9.17) is 0 Å². The van der Waals surface area contributed by atoms with E-state index in [1.54, 1.807) is 18.3 Å². The summed E-state index contributed by atoms with van der Waals surface area (Å²) in [4.78, 5) is 30.6. The van der Waals surface area contributed by atoms with E-state index in [2.05, 4.69) is 10.3 Å². The van der Waals surface area contributed by atoms with Crippen molar-refractivity contribution in [1.29, 1.82) is 0 Å². The van der Waals surface area contributed by atoms with Gasteiger partial charge in [0.15, 0.2) is 0 Å². The standard InChI is InChI=1S/C21H19N3O2/c25-20(23-19-12-7-13-22-14-19)21(26)24(15-17-8-3-1-4-9-17)16-18-10-5-2-6-11-18/h1-14H,15-16H2,(H,23,25). The number of carbonyl (C=O) groups excluding carboxylic acids is 2. The summed E-state index contributed by atoms with van der Waals surface area (Å²) >= 11 is 0. The number of carbonyl (C=O) groups is 2. The van der Waals surface area contributed by atoms with Crippen LogP contribution in [0, 0.1) is 0 Å². The molecular weight excluding hydrogens is 326 g/mol. The van der Waals surface area contributed by atoms with Crippen molar-refractivity contribution in [3.8, 4) is 0 Å². The summed E-state index contributed by atoms with van der Waals surface area (Å²) in [6.07, 6.45) is 3.11. The summed E-state index contributed by atoms with van der Waals surface area (Å²) in [7, 11) is 0. The van der Waals surface area contributed by atoms with Crippen LogP contribution in [0.15, 0.2) is 85.2 Å². The number of pyridine rings is 1. The largest absolute Gasteiger partial charge is 0.326 e. The van der Waals surface area contributed by atoms with E-state index >= 15 is 0 Å². The first-order valence-electron chi connectivity index (χ1n) is 8.30. The fourth-order valence-corrected chi connectivity index (χ4v) is 2.57. The molecule has 0 saturated carbocycles. The van der Waals surface area contributed by atoms with Crippen molar-refractivity contribution < 1.29 is 9.59 Å². The SMILES string of the molecule is O=C(Nc1cccnc1)C(=O)N(Cc1ccccc1)Cc1ccccc1. The molecule has 26 heavy (non-hydrogen) atoms. The third-order valence-corrected chi connectivity index (χ3v) is 3.83. The third-order valence-electron chi connectivity index (χ3n) is 3.83. The minimum absolute atomic E-state index is 0.356. The molecule has 0 unspecified atom stereocenters. The summed E-state index contributed by atoms with van der Waals surface area (Å²) in [5.74, 6) is -1.26. The van der Waals surface area contributed by atoms with Crippen molar-refractivity contribution in [1.82, 2.24) is 9.88 Å². The van der Waals surface area contributed by atoms with E-state index in [0.717, 1.165) is 11.1 Å². The van der Waals surface area contributed by atoms with Crippen molar-refractivity contribution >= 4 is 17.5 Å². The van der Waals surface area contributed by atoms with Gasteiger partial charge < -0.3 is 10.2 Å². The average Bonchev–Trinajstić information content (AvgIpc) is 2.69. The highest BCUT2D eigenvalue weighted by atomic mass is 16.2. The topological polar surface area (TPSA) is 62.3 Å². The van der Waals surface area contributed by atoms with Gasteiger partial charge in [-0.1, -0.05) is 60.7 Å². The van der Waals surface area contributed by atoms with Crippen molar-refractivity contribution in [2.75, 3.05) is 5.32 Å². The van der Waals surface area contributed by atoms with Gasteiger partial charge in [-0.05, 0) is 23.3 Å². The quantitative estimate of drug-likeness (QED) is 0.722. The monoisotopic (exact) mass is 345 g/mol. The van der Waals surface area contributed by atoms with Crippen LogP contribution >= 0.6 is 0 Å². The minimum atomic E-state index is -0.676. The maximum absolute atomic E-state index is 12.7. The molecule has 1 N–H and O–H groups in total. The van der Waals surface area contributed by atoms with Crippen LogP contribution in [0.1, 0.15) is 11.1 Å². The molecule has 2 amide bonds. The Bertz CT molecular complexity index is 811. The molecule has 5 heteroatoms. The first-order chi connectivity index (χ1) is 12.7. The van der Waals surface area contributed by atoms with Gasteiger partial charge in [-0.2, -0.15) is 0 Å². The molecule has 0 fully saturated rings. The normalized spacial score (nSPS) is 10.2. The Morgan fingerprint density at radius 3 is 1.88 bits per heavy atom. The molecule has 130 valence electrons. The molecule has 5 nitrogen and oxygen atoms in total. The Labute approximate surface area is 152 Å². The highest BCUT2D eigenvalue weighted by Gasteiger charge is 2.22. The number of nitrogens with one attached hydrogen (secondary N) is 1. The molecular formula is C21H19N3O2. The first kappa shape index (κ1) is 17.4. The molecule has 2 aromatic carbocycles. The summed E-state index contributed by atoms with van der Waals surface area (Å²) in [6, 6.07) is 22.6. The number of hydrogen-bond donors (Lipinski definition) is 1. The molecule has 0 spiro atoms. The molecule has 1 aromatic heterocycles. The lowest BCUT2D eigenvalue weighted by Gasteiger charge is -2.22. The van der Waals surface area contributed by atoms with E-state index in [9.17, 15) is 9.59 Å². The number of rotatable bonds is 5. The number of nitrogens with zero attached hydrogens (tertiary/aromatic N) is 2. The Morgan fingerprint density at radius 1 is 0.808 bits per heavy atom. The number of anilines is 1. The molecule has 3 aromatic rings. The Kier molecular flexibility index (Phi) is 5.72. The first-order valence-corrected chi connectivity index (χ1v) is 8.30. The summed E-state index contributed by atoms with van der Waals surface area (Å²) in [6.45, 7) is 0.712. The highest BCUT2D eigenvalue weighted by Crippen LogP contribution is 2.12. The predicted octanol–water partition coefficient (Wildman–Crippen LogP) is 3.25. The molecule has 0 radical (unpaired) electrons. The fraction of sp³-hybridized carbons (Fsp3) is 0.0952. The van der Waals surface area contributed by atoms with Crippen molar-refractivity contribution in [2.45, 2.75) is 13.1 Å². The molecule has 0 aliphatic carbocycles. The Morgan fingerprint density at radius 2 is 1.38 bits per heavy atom. The van der Waals surface area contributed by atoms with Crippen LogP contribution in [0.3, 0.4) is 0 Å². The Balaban J connectivity index is 1.77. The third kappa shape index (κ3) is 4.77. The van der Waals surface area contributed by atoms with Crippen molar-refractivity contribution in [3.05, 3.63) is 96.3 Å². The van der Waals surface area contributed by atoms with Gasteiger partial charge in [0.1, 0.15) is 0 Å². The van der Waals surface area contributed by atoms with Crippen molar-refractivity contribution in [2.24, 2.45) is 0 Å². The van der Waals surface area contributed by atoms with Gasteiger partial charge in [-0.25, -0.2) is 0 Å². The van der Waals surface area contributed by atoms with E-state index in [0.29, 0.717) is 18.8 Å². The lowest BCUT2D eigenvalue weighted by molar-refractivity contribution is -0.144. The molecule has 3 rings (SSSR count). The predicted molar refractivity (Wildman–Crippen MR) is 100 cm³/mol. The van der Waals surface area contributed by atoms with Crippen LogP contribution < -0.4 is 5.32 Å². The van der Waals surface area contributed by atoms with Crippen LogP contribution in [0.4, 0.5) is 5.69 Å². The molecule has 0 saturated heterocycles. The van der Waals surface area contributed by atoms with E-state index < -0.39 is 11.8 Å². The summed E-state index contributed by atoms with van der Waals surface area (Å²) in [5.41, 5.74) is 2.42. The second kappa shape index (κ2) is 8.58. The molecule has 0 aliphatic rings.